The molecular weight excluding hydrogens is 334 g/mol. The molecule has 0 saturated carbocycles. The van der Waals surface area contributed by atoms with E-state index in [-0.39, 0.29) is 17.7 Å². The molecule has 26 heavy (non-hydrogen) atoms. The van der Waals surface area contributed by atoms with Gasteiger partial charge in [0.15, 0.2) is 0 Å². The number of ether oxygens (including phenoxy) is 1. The largest absolute Gasteiger partial charge is 0.493 e. The maximum absolute atomic E-state index is 14.2. The van der Waals surface area contributed by atoms with Gasteiger partial charge in [0.1, 0.15) is 17.4 Å². The van der Waals surface area contributed by atoms with Gasteiger partial charge in [-0.3, -0.25) is 0 Å². The predicted molar refractivity (Wildman–Crippen MR) is 101 cm³/mol. The topological polar surface area (TPSA) is 34.1 Å². The summed E-state index contributed by atoms with van der Waals surface area (Å²) < 4.78 is 33.7. The molecule has 0 saturated heterocycles. The third-order valence-electron chi connectivity index (χ3n) is 4.48. The predicted octanol–water partition coefficient (Wildman–Crippen LogP) is 5.34. The molecule has 3 nitrogen and oxygen atoms in total. The van der Waals surface area contributed by atoms with Crippen LogP contribution < -0.4 is 10.1 Å². The molecule has 1 N–H and O–H groups in total. The monoisotopic (exact) mass is 362 g/mol. The number of nitrogens with one attached hydrogen (secondary N) is 1. The Morgan fingerprint density at radius 1 is 1.12 bits per heavy atom. The van der Waals surface area contributed by atoms with E-state index in [1.165, 1.54) is 18.2 Å². The van der Waals surface area contributed by atoms with Crippen molar-refractivity contribution in [3.63, 3.8) is 0 Å². The van der Waals surface area contributed by atoms with Crippen molar-refractivity contribution in [3.8, 4) is 17.0 Å². The van der Waals surface area contributed by atoms with Crippen LogP contribution in [0.2, 0.25) is 0 Å². The first-order valence-electron chi connectivity index (χ1n) is 9.23. The van der Waals surface area contributed by atoms with Gasteiger partial charge in [-0.25, -0.2) is 13.8 Å². The van der Waals surface area contributed by atoms with Crippen molar-refractivity contribution in [3.05, 3.63) is 47.7 Å². The molecule has 142 valence electrons. The number of pyridine rings is 1. The van der Waals surface area contributed by atoms with E-state index in [1.54, 1.807) is 12.1 Å². The van der Waals surface area contributed by atoms with Crippen LogP contribution in [0.25, 0.3) is 11.3 Å². The molecule has 0 spiro atoms. The molecule has 1 atom stereocenters. The minimum absolute atomic E-state index is 0.238. The molecule has 0 amide bonds. The number of hydrogen-bond acceptors (Lipinski definition) is 3. The SMILES string of the molecule is CCCCOc1ccc(F)cc1-c1ccc(F)c(CN[C@H](C)C(C)C)n1. The first kappa shape index (κ1) is 20.3. The molecule has 0 aliphatic rings. The summed E-state index contributed by atoms with van der Waals surface area (Å²) in [5.74, 6) is 0.251. The van der Waals surface area contributed by atoms with E-state index in [0.29, 0.717) is 41.8 Å². The van der Waals surface area contributed by atoms with Gasteiger partial charge < -0.3 is 10.1 Å². The fraction of sp³-hybridized carbons (Fsp3) is 0.476. The lowest BCUT2D eigenvalue weighted by Crippen LogP contribution is -2.30. The average Bonchev–Trinajstić information content (AvgIpc) is 2.62. The van der Waals surface area contributed by atoms with Crippen LogP contribution in [0.5, 0.6) is 5.75 Å². The van der Waals surface area contributed by atoms with Crippen molar-refractivity contribution in [2.45, 2.75) is 53.1 Å². The number of aromatic nitrogens is 1. The zero-order valence-electron chi connectivity index (χ0n) is 16.0. The third kappa shape index (κ3) is 5.49. The van der Waals surface area contributed by atoms with Crippen molar-refractivity contribution in [1.29, 1.82) is 0 Å². The van der Waals surface area contributed by atoms with E-state index in [2.05, 4.69) is 38.0 Å². The van der Waals surface area contributed by atoms with E-state index in [1.807, 2.05) is 0 Å². The Hall–Kier alpha value is -2.01. The molecule has 0 unspecified atom stereocenters. The summed E-state index contributed by atoms with van der Waals surface area (Å²) in [4.78, 5) is 4.42. The molecule has 5 heteroatoms. The van der Waals surface area contributed by atoms with Gasteiger partial charge in [0.25, 0.3) is 0 Å². The van der Waals surface area contributed by atoms with Gasteiger partial charge in [-0.1, -0.05) is 27.2 Å². The Balaban J connectivity index is 2.28. The van der Waals surface area contributed by atoms with Gasteiger partial charge in [-0.15, -0.1) is 0 Å². The summed E-state index contributed by atoms with van der Waals surface area (Å²) >= 11 is 0. The molecule has 2 rings (SSSR count). The molecule has 0 bridgehead atoms. The maximum Gasteiger partial charge on any atom is 0.146 e. The summed E-state index contributed by atoms with van der Waals surface area (Å²) in [7, 11) is 0. The minimum Gasteiger partial charge on any atom is -0.493 e. The Labute approximate surface area is 154 Å². The molecule has 0 fully saturated rings. The van der Waals surface area contributed by atoms with Crippen LogP contribution in [-0.4, -0.2) is 17.6 Å². The number of hydrogen-bond donors (Lipinski definition) is 1. The van der Waals surface area contributed by atoms with Gasteiger partial charge in [-0.2, -0.15) is 0 Å². The molecule has 1 heterocycles. The molecule has 1 aromatic heterocycles. The zero-order valence-corrected chi connectivity index (χ0v) is 16.0. The van der Waals surface area contributed by atoms with Crippen LogP contribution in [0.1, 0.15) is 46.2 Å². The lowest BCUT2D eigenvalue weighted by atomic mass is 10.1. The van der Waals surface area contributed by atoms with E-state index < -0.39 is 0 Å². The molecule has 0 aliphatic carbocycles. The quantitative estimate of drug-likeness (QED) is 0.612. The lowest BCUT2D eigenvalue weighted by Gasteiger charge is -2.18. The standard InChI is InChI=1S/C21H28F2N2O/c1-5-6-11-26-21-10-7-16(22)12-17(21)19-9-8-18(23)20(25-19)13-24-15(4)14(2)3/h7-10,12,14-15,24H,5-6,11,13H2,1-4H3/t15-/m1/s1. The van der Waals surface area contributed by atoms with Crippen molar-refractivity contribution < 1.29 is 13.5 Å². The highest BCUT2D eigenvalue weighted by molar-refractivity contribution is 5.67. The third-order valence-corrected chi connectivity index (χ3v) is 4.48. The fourth-order valence-corrected chi connectivity index (χ4v) is 2.41. The molecule has 1 aromatic carbocycles. The van der Waals surface area contributed by atoms with Gasteiger partial charge >= 0.3 is 0 Å². The van der Waals surface area contributed by atoms with Gasteiger partial charge in [0.2, 0.25) is 0 Å². The van der Waals surface area contributed by atoms with Crippen LogP contribution in [0.4, 0.5) is 8.78 Å². The van der Waals surface area contributed by atoms with Crippen LogP contribution in [-0.2, 0) is 6.54 Å². The highest BCUT2D eigenvalue weighted by Crippen LogP contribution is 2.30. The Morgan fingerprint density at radius 2 is 1.88 bits per heavy atom. The zero-order chi connectivity index (χ0) is 19.1. The van der Waals surface area contributed by atoms with E-state index in [0.717, 1.165) is 12.8 Å². The van der Waals surface area contributed by atoms with E-state index in [9.17, 15) is 8.78 Å². The van der Waals surface area contributed by atoms with Crippen LogP contribution in [0.3, 0.4) is 0 Å². The lowest BCUT2D eigenvalue weighted by molar-refractivity contribution is 0.310. The Morgan fingerprint density at radius 3 is 2.58 bits per heavy atom. The molecule has 0 aliphatic heterocycles. The van der Waals surface area contributed by atoms with Gasteiger partial charge in [0.05, 0.1) is 18.0 Å². The van der Waals surface area contributed by atoms with Crippen LogP contribution >= 0.6 is 0 Å². The number of rotatable bonds is 9. The fourth-order valence-electron chi connectivity index (χ4n) is 2.41. The minimum atomic E-state index is -0.373. The number of nitrogens with zero attached hydrogens (tertiary/aromatic N) is 1. The number of unbranched alkanes of at least 4 members (excludes halogenated alkanes) is 1. The summed E-state index contributed by atoms with van der Waals surface area (Å²) in [5, 5.41) is 3.28. The van der Waals surface area contributed by atoms with Gasteiger partial charge in [0, 0.05) is 18.2 Å². The van der Waals surface area contributed by atoms with Crippen molar-refractivity contribution in [1.82, 2.24) is 10.3 Å². The van der Waals surface area contributed by atoms with Crippen molar-refractivity contribution in [2.75, 3.05) is 6.61 Å². The van der Waals surface area contributed by atoms with Crippen LogP contribution in [0.15, 0.2) is 30.3 Å². The molecular formula is C21H28F2N2O. The van der Waals surface area contributed by atoms with Crippen molar-refractivity contribution in [2.24, 2.45) is 5.92 Å². The Bertz CT molecular complexity index is 719. The summed E-state index contributed by atoms with van der Waals surface area (Å²) in [6.45, 7) is 9.21. The van der Waals surface area contributed by atoms with Crippen LogP contribution in [0, 0.1) is 17.6 Å². The highest BCUT2D eigenvalue weighted by atomic mass is 19.1. The maximum atomic E-state index is 14.2. The average molecular weight is 362 g/mol. The number of benzene rings is 1. The van der Waals surface area contributed by atoms with Gasteiger partial charge in [-0.05, 0) is 49.6 Å². The highest BCUT2D eigenvalue weighted by Gasteiger charge is 2.14. The second-order valence-electron chi connectivity index (χ2n) is 6.88. The summed E-state index contributed by atoms with van der Waals surface area (Å²) in [6.07, 6.45) is 1.92. The van der Waals surface area contributed by atoms with E-state index >= 15 is 0 Å². The Kier molecular flexibility index (Phi) is 7.51. The summed E-state index contributed by atoms with van der Waals surface area (Å²) in [5.41, 5.74) is 1.37. The normalized spacial score (nSPS) is 12.4. The second kappa shape index (κ2) is 9.62. The first-order chi connectivity index (χ1) is 12.4. The smallest absolute Gasteiger partial charge is 0.146 e. The van der Waals surface area contributed by atoms with E-state index in [4.69, 9.17) is 4.74 Å². The molecule has 0 radical (unpaired) electrons. The summed E-state index contributed by atoms with van der Waals surface area (Å²) in [6, 6.07) is 7.52. The number of halogens is 2. The van der Waals surface area contributed by atoms with Crippen molar-refractivity contribution >= 4 is 0 Å². The second-order valence-corrected chi connectivity index (χ2v) is 6.88. The first-order valence-corrected chi connectivity index (χ1v) is 9.23. The molecule has 2 aromatic rings.